The molecular weight excluding hydrogens is 303 g/mol. The smallest absolute Gasteiger partial charge is 0.320 e. The highest BCUT2D eigenvalue weighted by Gasteiger charge is 2.10. The third-order valence-corrected chi connectivity index (χ3v) is 4.16. The Labute approximate surface area is 133 Å². The Balaban J connectivity index is 1.98. The zero-order valence-electron chi connectivity index (χ0n) is 12.5. The lowest BCUT2D eigenvalue weighted by Gasteiger charge is -2.12. The van der Waals surface area contributed by atoms with Crippen LogP contribution in [0.2, 0.25) is 0 Å². The molecule has 0 unspecified atom stereocenters. The number of amides is 2. The van der Waals surface area contributed by atoms with Crippen molar-refractivity contribution in [2.75, 3.05) is 18.1 Å². The van der Waals surface area contributed by atoms with Gasteiger partial charge in [-0.3, -0.25) is 5.32 Å². The Morgan fingerprint density at radius 3 is 2.91 bits per heavy atom. The Morgan fingerprint density at radius 2 is 2.18 bits per heavy atom. The van der Waals surface area contributed by atoms with Crippen molar-refractivity contribution >= 4 is 23.6 Å². The summed E-state index contributed by atoms with van der Waals surface area (Å²) in [5.74, 6) is 0.236. The van der Waals surface area contributed by atoms with Gasteiger partial charge in [0.2, 0.25) is 0 Å². The lowest BCUT2D eigenvalue weighted by Crippen LogP contribution is -2.33. The van der Waals surface area contributed by atoms with Crippen LogP contribution in [0.15, 0.2) is 36.5 Å². The summed E-state index contributed by atoms with van der Waals surface area (Å²) >= 11 is 1.68. The monoisotopic (exact) mass is 322 g/mol. The van der Waals surface area contributed by atoms with E-state index in [1.807, 2.05) is 13.2 Å². The standard InChI is InChI=1S/C15H19FN4OS/c1-11(22-2)9-17-15(21)19-14-7-8-18-20(14)10-12-5-3-4-6-13(12)16/h3-8,11H,9-10H2,1-2H3,(H2,17,19,21)/t11-/m1/s1. The molecule has 0 saturated carbocycles. The van der Waals surface area contributed by atoms with Gasteiger partial charge < -0.3 is 5.32 Å². The number of urea groups is 1. The van der Waals surface area contributed by atoms with E-state index in [1.54, 1.807) is 46.9 Å². The number of hydrogen-bond acceptors (Lipinski definition) is 3. The number of thioether (sulfide) groups is 1. The SMILES string of the molecule is CS[C@H](C)CNC(=O)Nc1ccnn1Cc1ccccc1F. The zero-order valence-corrected chi connectivity index (χ0v) is 13.4. The second-order valence-electron chi connectivity index (χ2n) is 4.85. The van der Waals surface area contributed by atoms with E-state index in [0.29, 0.717) is 23.2 Å². The quantitative estimate of drug-likeness (QED) is 0.859. The maximum atomic E-state index is 13.7. The zero-order chi connectivity index (χ0) is 15.9. The predicted octanol–water partition coefficient (Wildman–Crippen LogP) is 2.94. The molecule has 2 rings (SSSR count). The van der Waals surface area contributed by atoms with Crippen LogP contribution in [-0.4, -0.2) is 33.9 Å². The van der Waals surface area contributed by atoms with Crippen molar-refractivity contribution in [2.45, 2.75) is 18.7 Å². The van der Waals surface area contributed by atoms with Gasteiger partial charge in [-0.1, -0.05) is 25.1 Å². The van der Waals surface area contributed by atoms with Crippen LogP contribution in [0.4, 0.5) is 15.0 Å². The summed E-state index contributed by atoms with van der Waals surface area (Å²) in [5, 5.41) is 9.98. The van der Waals surface area contributed by atoms with E-state index >= 15 is 0 Å². The highest BCUT2D eigenvalue weighted by atomic mass is 32.2. The largest absolute Gasteiger partial charge is 0.337 e. The molecule has 0 spiro atoms. The molecule has 0 fully saturated rings. The Hall–Kier alpha value is -2.02. The van der Waals surface area contributed by atoms with Crippen LogP contribution in [0, 0.1) is 5.82 Å². The molecule has 0 aliphatic heterocycles. The number of nitrogens with one attached hydrogen (secondary N) is 2. The van der Waals surface area contributed by atoms with Gasteiger partial charge in [-0.2, -0.15) is 16.9 Å². The van der Waals surface area contributed by atoms with E-state index in [1.165, 1.54) is 6.07 Å². The van der Waals surface area contributed by atoms with E-state index in [-0.39, 0.29) is 18.4 Å². The van der Waals surface area contributed by atoms with Gasteiger partial charge in [0.05, 0.1) is 12.7 Å². The van der Waals surface area contributed by atoms with Crippen LogP contribution < -0.4 is 10.6 Å². The van der Waals surface area contributed by atoms with Crippen molar-refractivity contribution < 1.29 is 9.18 Å². The first-order valence-corrected chi connectivity index (χ1v) is 8.22. The van der Waals surface area contributed by atoms with Crippen LogP contribution in [0.3, 0.4) is 0 Å². The number of hydrogen-bond donors (Lipinski definition) is 2. The minimum Gasteiger partial charge on any atom is -0.337 e. The molecule has 7 heteroatoms. The molecule has 0 saturated heterocycles. The molecule has 5 nitrogen and oxygen atoms in total. The maximum absolute atomic E-state index is 13.7. The summed E-state index contributed by atoms with van der Waals surface area (Å²) < 4.78 is 15.2. The van der Waals surface area contributed by atoms with E-state index in [2.05, 4.69) is 15.7 Å². The molecule has 2 aromatic rings. The highest BCUT2D eigenvalue weighted by molar-refractivity contribution is 7.99. The topological polar surface area (TPSA) is 59.0 Å². The van der Waals surface area contributed by atoms with Crippen LogP contribution in [0.5, 0.6) is 0 Å². The number of carbonyl (C=O) groups is 1. The van der Waals surface area contributed by atoms with Crippen molar-refractivity contribution in [3.8, 4) is 0 Å². The van der Waals surface area contributed by atoms with E-state index in [4.69, 9.17) is 0 Å². The molecule has 2 amide bonds. The fraction of sp³-hybridized carbons (Fsp3) is 0.333. The maximum Gasteiger partial charge on any atom is 0.320 e. The van der Waals surface area contributed by atoms with Crippen molar-refractivity contribution in [2.24, 2.45) is 0 Å². The molecule has 0 aliphatic rings. The van der Waals surface area contributed by atoms with Crippen molar-refractivity contribution in [3.05, 3.63) is 47.9 Å². The lowest BCUT2D eigenvalue weighted by atomic mass is 10.2. The van der Waals surface area contributed by atoms with E-state index in [0.717, 1.165) is 0 Å². The minimum atomic E-state index is -0.295. The van der Waals surface area contributed by atoms with Gasteiger partial charge in [-0.05, 0) is 12.3 Å². The molecule has 22 heavy (non-hydrogen) atoms. The first kappa shape index (κ1) is 16.4. The van der Waals surface area contributed by atoms with Crippen molar-refractivity contribution in [3.63, 3.8) is 0 Å². The number of aromatic nitrogens is 2. The van der Waals surface area contributed by atoms with E-state index in [9.17, 15) is 9.18 Å². The fourth-order valence-corrected chi connectivity index (χ4v) is 2.08. The summed E-state index contributed by atoms with van der Waals surface area (Å²) in [4.78, 5) is 11.9. The van der Waals surface area contributed by atoms with Gasteiger partial charge in [0, 0.05) is 23.4 Å². The molecule has 1 aromatic heterocycles. The molecule has 0 bridgehead atoms. The Bertz CT molecular complexity index is 632. The van der Waals surface area contributed by atoms with Crippen LogP contribution in [0.1, 0.15) is 12.5 Å². The Kier molecular flexibility index (Phi) is 5.83. The molecular formula is C15H19FN4OS. The molecule has 1 heterocycles. The number of halogens is 1. The number of nitrogens with zero attached hydrogens (tertiary/aromatic N) is 2. The van der Waals surface area contributed by atoms with Crippen LogP contribution in [0.25, 0.3) is 0 Å². The van der Waals surface area contributed by atoms with Crippen molar-refractivity contribution in [1.82, 2.24) is 15.1 Å². The van der Waals surface area contributed by atoms with Gasteiger partial charge in [-0.15, -0.1) is 0 Å². The highest BCUT2D eigenvalue weighted by Crippen LogP contribution is 2.13. The van der Waals surface area contributed by atoms with Crippen LogP contribution in [-0.2, 0) is 6.54 Å². The van der Waals surface area contributed by atoms with Gasteiger partial charge in [0.25, 0.3) is 0 Å². The summed E-state index contributed by atoms with van der Waals surface area (Å²) in [7, 11) is 0. The molecule has 2 N–H and O–H groups in total. The third kappa shape index (κ3) is 4.49. The number of anilines is 1. The number of benzene rings is 1. The first-order valence-electron chi connectivity index (χ1n) is 6.93. The average Bonchev–Trinajstić information content (AvgIpc) is 2.94. The molecule has 0 radical (unpaired) electrons. The molecule has 1 aromatic carbocycles. The van der Waals surface area contributed by atoms with Crippen molar-refractivity contribution in [1.29, 1.82) is 0 Å². The minimum absolute atomic E-state index is 0.260. The van der Waals surface area contributed by atoms with Gasteiger partial charge >= 0.3 is 6.03 Å². The average molecular weight is 322 g/mol. The normalized spacial score (nSPS) is 12.0. The number of carbonyl (C=O) groups excluding carboxylic acids is 1. The van der Waals surface area contributed by atoms with Gasteiger partial charge in [0.15, 0.2) is 0 Å². The fourth-order valence-electron chi connectivity index (χ4n) is 1.83. The summed E-state index contributed by atoms with van der Waals surface area (Å²) in [5.41, 5.74) is 0.519. The molecule has 118 valence electrons. The van der Waals surface area contributed by atoms with E-state index < -0.39 is 0 Å². The molecule has 1 atom stereocenters. The lowest BCUT2D eigenvalue weighted by molar-refractivity contribution is 0.252. The second kappa shape index (κ2) is 7.84. The molecule has 0 aliphatic carbocycles. The first-order chi connectivity index (χ1) is 10.6. The second-order valence-corrected chi connectivity index (χ2v) is 6.12. The summed E-state index contributed by atoms with van der Waals surface area (Å²) in [6.45, 7) is 2.87. The summed E-state index contributed by atoms with van der Waals surface area (Å²) in [6.07, 6.45) is 3.56. The van der Waals surface area contributed by atoms with Crippen LogP contribution >= 0.6 is 11.8 Å². The third-order valence-electron chi connectivity index (χ3n) is 3.19. The van der Waals surface area contributed by atoms with Gasteiger partial charge in [0.1, 0.15) is 11.6 Å². The Morgan fingerprint density at radius 1 is 1.41 bits per heavy atom. The summed E-state index contributed by atoms with van der Waals surface area (Å²) in [6, 6.07) is 7.89. The van der Waals surface area contributed by atoms with Gasteiger partial charge in [-0.25, -0.2) is 13.9 Å². The number of rotatable bonds is 6. The predicted molar refractivity (Wildman–Crippen MR) is 87.7 cm³/mol.